The maximum atomic E-state index is 13.2. The molecule has 0 unspecified atom stereocenters. The molecule has 5 rings (SSSR count). The molecule has 5 heterocycles. The third-order valence-electron chi connectivity index (χ3n) is 6.57. The van der Waals surface area contributed by atoms with Gasteiger partial charge < -0.3 is 9.80 Å². The van der Waals surface area contributed by atoms with Crippen LogP contribution in [0.3, 0.4) is 0 Å². The highest BCUT2D eigenvalue weighted by atomic mass is 16.2. The maximum absolute atomic E-state index is 13.2. The van der Waals surface area contributed by atoms with Crippen LogP contribution in [0.4, 0.5) is 5.69 Å². The molecule has 1 amide bonds. The van der Waals surface area contributed by atoms with Crippen molar-refractivity contribution in [3.05, 3.63) is 66.5 Å². The maximum Gasteiger partial charge on any atom is 0.237 e. The monoisotopic (exact) mass is 431 g/mol. The molecule has 166 valence electrons. The molecule has 1 fully saturated rings. The second kappa shape index (κ2) is 8.70. The second-order valence-electron chi connectivity index (χ2n) is 8.80. The molecule has 2 atom stereocenters. The molecule has 0 N–H and O–H groups in total. The predicted molar refractivity (Wildman–Crippen MR) is 123 cm³/mol. The van der Waals surface area contributed by atoms with Gasteiger partial charge in [0, 0.05) is 75.0 Å². The minimum atomic E-state index is 0.195. The van der Waals surface area contributed by atoms with Crippen LogP contribution in [-0.2, 0) is 17.8 Å². The number of anilines is 1. The van der Waals surface area contributed by atoms with Crippen LogP contribution in [0.2, 0.25) is 0 Å². The van der Waals surface area contributed by atoms with E-state index in [9.17, 15) is 4.79 Å². The third-order valence-corrected chi connectivity index (χ3v) is 6.57. The first-order valence-electron chi connectivity index (χ1n) is 11.2. The van der Waals surface area contributed by atoms with Gasteiger partial charge in [-0.05, 0) is 38.1 Å². The molecule has 0 spiro atoms. The van der Waals surface area contributed by atoms with Gasteiger partial charge in [0.15, 0.2) is 0 Å². The van der Waals surface area contributed by atoms with E-state index in [1.165, 1.54) is 0 Å². The number of hydrogen-bond acceptors (Lipinski definition) is 6. The number of piperazine rings is 1. The van der Waals surface area contributed by atoms with Gasteiger partial charge in [-0.25, -0.2) is 4.68 Å². The summed E-state index contributed by atoms with van der Waals surface area (Å²) in [5.41, 5.74) is 4.34. The fourth-order valence-corrected chi connectivity index (χ4v) is 4.83. The summed E-state index contributed by atoms with van der Waals surface area (Å²) in [5.74, 6) is 0.195. The summed E-state index contributed by atoms with van der Waals surface area (Å²) in [4.78, 5) is 28.2. The number of aromatic nitrogens is 4. The van der Waals surface area contributed by atoms with Crippen molar-refractivity contribution in [2.45, 2.75) is 38.9 Å². The van der Waals surface area contributed by atoms with E-state index in [1.807, 2.05) is 40.2 Å². The molecule has 0 saturated carbocycles. The average molecular weight is 432 g/mol. The van der Waals surface area contributed by atoms with Gasteiger partial charge in [-0.2, -0.15) is 5.10 Å². The molecule has 0 bridgehead atoms. The molecule has 32 heavy (non-hydrogen) atoms. The van der Waals surface area contributed by atoms with Crippen LogP contribution in [0, 0.1) is 0 Å². The number of carbonyl (C=O) groups is 1. The molecule has 8 heteroatoms. The van der Waals surface area contributed by atoms with E-state index in [1.54, 1.807) is 18.6 Å². The smallest absolute Gasteiger partial charge is 0.237 e. The number of nitrogens with zero attached hydrogens (tertiary/aromatic N) is 7. The summed E-state index contributed by atoms with van der Waals surface area (Å²) >= 11 is 0. The lowest BCUT2D eigenvalue weighted by Crippen LogP contribution is -2.59. The van der Waals surface area contributed by atoms with E-state index in [4.69, 9.17) is 5.10 Å². The van der Waals surface area contributed by atoms with Crippen LogP contribution >= 0.6 is 0 Å². The summed E-state index contributed by atoms with van der Waals surface area (Å²) in [7, 11) is 0. The fraction of sp³-hybridized carbons (Fsp3) is 0.417. The van der Waals surface area contributed by atoms with Crippen LogP contribution in [0.15, 0.2) is 55.2 Å². The average Bonchev–Trinajstić information content (AvgIpc) is 3.26. The molecule has 3 aromatic heterocycles. The molecular weight excluding hydrogens is 402 g/mol. The molecule has 8 nitrogen and oxygen atoms in total. The normalized spacial score (nSPS) is 21.4. The lowest BCUT2D eigenvalue weighted by molar-refractivity contribution is -0.134. The highest BCUT2D eigenvalue weighted by Gasteiger charge is 2.33. The van der Waals surface area contributed by atoms with Gasteiger partial charge in [-0.1, -0.05) is 0 Å². The van der Waals surface area contributed by atoms with Crippen molar-refractivity contribution in [3.63, 3.8) is 0 Å². The van der Waals surface area contributed by atoms with Gasteiger partial charge in [-0.15, -0.1) is 0 Å². The van der Waals surface area contributed by atoms with Gasteiger partial charge in [0.2, 0.25) is 5.91 Å². The Balaban J connectivity index is 1.23. The topological polar surface area (TPSA) is 70.4 Å². The highest BCUT2D eigenvalue weighted by Crippen LogP contribution is 2.23. The molecule has 0 aromatic carbocycles. The van der Waals surface area contributed by atoms with Gasteiger partial charge in [0.25, 0.3) is 0 Å². The van der Waals surface area contributed by atoms with Crippen LogP contribution in [-0.4, -0.2) is 73.7 Å². The van der Waals surface area contributed by atoms with E-state index in [0.717, 1.165) is 48.7 Å². The SMILES string of the molecule is C[C@@H]1CN(c2cccnc2)C[C@H](C)N1CC(=O)N1CCc2nn(-c3ccncc3)cc2C1. The molecular formula is C24H29N7O. The number of amides is 1. The Kier molecular flexibility index (Phi) is 5.61. The first kappa shape index (κ1) is 20.6. The van der Waals surface area contributed by atoms with Crippen LogP contribution in [0.25, 0.3) is 5.69 Å². The second-order valence-corrected chi connectivity index (χ2v) is 8.80. The zero-order chi connectivity index (χ0) is 22.1. The first-order valence-corrected chi connectivity index (χ1v) is 11.2. The Hall–Kier alpha value is -3.26. The van der Waals surface area contributed by atoms with E-state index in [2.05, 4.69) is 39.7 Å². The lowest BCUT2D eigenvalue weighted by Gasteiger charge is -2.45. The summed E-state index contributed by atoms with van der Waals surface area (Å²) < 4.78 is 1.89. The van der Waals surface area contributed by atoms with Gasteiger partial charge in [0.1, 0.15) is 0 Å². The Morgan fingerprint density at radius 3 is 2.53 bits per heavy atom. The summed E-state index contributed by atoms with van der Waals surface area (Å²) in [5, 5.41) is 4.72. The van der Waals surface area contributed by atoms with E-state index in [-0.39, 0.29) is 18.0 Å². The number of carbonyl (C=O) groups excluding carboxylic acids is 1. The highest BCUT2D eigenvalue weighted by molar-refractivity contribution is 5.78. The summed E-state index contributed by atoms with van der Waals surface area (Å²) in [6, 6.07) is 8.53. The fourth-order valence-electron chi connectivity index (χ4n) is 4.83. The quantitative estimate of drug-likeness (QED) is 0.631. The minimum absolute atomic E-state index is 0.195. The van der Waals surface area contributed by atoms with Crippen molar-refractivity contribution in [3.8, 4) is 5.69 Å². The van der Waals surface area contributed by atoms with Crippen LogP contribution in [0.1, 0.15) is 25.1 Å². The summed E-state index contributed by atoms with van der Waals surface area (Å²) in [6.07, 6.45) is 10.1. The van der Waals surface area contributed by atoms with Crippen molar-refractivity contribution in [2.24, 2.45) is 0 Å². The number of rotatable bonds is 4. The summed E-state index contributed by atoms with van der Waals surface area (Å²) in [6.45, 7) is 8.00. The predicted octanol–water partition coefficient (Wildman–Crippen LogP) is 2.15. The van der Waals surface area contributed by atoms with Gasteiger partial charge in [-0.3, -0.25) is 19.7 Å². The van der Waals surface area contributed by atoms with Crippen molar-refractivity contribution >= 4 is 11.6 Å². The molecule has 2 aliphatic rings. The number of pyridine rings is 2. The molecule has 3 aromatic rings. The van der Waals surface area contributed by atoms with Gasteiger partial charge in [0.05, 0.1) is 29.8 Å². The largest absolute Gasteiger partial charge is 0.367 e. The molecule has 2 aliphatic heterocycles. The van der Waals surface area contributed by atoms with Crippen LogP contribution < -0.4 is 4.90 Å². The van der Waals surface area contributed by atoms with Gasteiger partial charge >= 0.3 is 0 Å². The van der Waals surface area contributed by atoms with Crippen LogP contribution in [0.5, 0.6) is 0 Å². The zero-order valence-corrected chi connectivity index (χ0v) is 18.6. The standard InChI is InChI=1S/C24H29N7O/c1-18-13-29(22-4-3-8-26-12-22)14-19(2)30(18)17-24(32)28-11-7-23-20(15-28)16-31(27-23)21-5-9-25-10-6-21/h3-6,8-10,12,16,18-19H,7,11,13-15,17H2,1-2H3/t18-,19+. The van der Waals surface area contributed by atoms with Crippen molar-refractivity contribution in [1.82, 2.24) is 29.5 Å². The third kappa shape index (κ3) is 4.10. The number of fused-ring (bicyclic) bond motifs is 1. The van der Waals surface area contributed by atoms with E-state index >= 15 is 0 Å². The first-order chi connectivity index (χ1) is 15.6. The molecule has 0 aliphatic carbocycles. The Morgan fingerprint density at radius 1 is 1.03 bits per heavy atom. The van der Waals surface area contributed by atoms with E-state index < -0.39 is 0 Å². The zero-order valence-electron chi connectivity index (χ0n) is 18.6. The van der Waals surface area contributed by atoms with E-state index in [0.29, 0.717) is 13.1 Å². The molecule has 0 radical (unpaired) electrons. The Labute approximate surface area is 188 Å². The molecule has 1 saturated heterocycles. The Bertz CT molecular complexity index is 1060. The lowest BCUT2D eigenvalue weighted by atomic mass is 10.1. The number of hydrogen-bond donors (Lipinski definition) is 0. The van der Waals surface area contributed by atoms with Crippen molar-refractivity contribution < 1.29 is 4.79 Å². The van der Waals surface area contributed by atoms with Crippen molar-refractivity contribution in [2.75, 3.05) is 31.1 Å². The van der Waals surface area contributed by atoms with Crippen molar-refractivity contribution in [1.29, 1.82) is 0 Å². The Morgan fingerprint density at radius 2 is 1.81 bits per heavy atom. The minimum Gasteiger partial charge on any atom is -0.367 e.